The Morgan fingerprint density at radius 3 is 2.65 bits per heavy atom. The number of hydrogen-bond donors (Lipinski definition) is 1. The van der Waals surface area contributed by atoms with Gasteiger partial charge in [-0.2, -0.15) is 13.2 Å². The average molecular weight is 284 g/mol. The van der Waals surface area contributed by atoms with Crippen molar-refractivity contribution in [2.24, 2.45) is 0 Å². The maximum absolute atomic E-state index is 12.6. The number of alkyl halides is 3. The highest BCUT2D eigenvalue weighted by Gasteiger charge is 2.38. The van der Waals surface area contributed by atoms with Crippen molar-refractivity contribution in [3.05, 3.63) is 36.0 Å². The topological polar surface area (TPSA) is 34.1 Å². The Hall–Kier alpha value is -1.82. The molecule has 0 aliphatic carbocycles. The predicted octanol–water partition coefficient (Wildman–Crippen LogP) is 3.28. The molecule has 108 valence electrons. The molecule has 0 fully saturated rings. The van der Waals surface area contributed by atoms with E-state index in [4.69, 9.17) is 4.74 Å². The first kappa shape index (κ1) is 14.6. The molecule has 0 radical (unpaired) electrons. The molecule has 1 aromatic carbocycles. The molecule has 2 aromatic rings. The van der Waals surface area contributed by atoms with Crippen molar-refractivity contribution < 1.29 is 17.9 Å². The molecule has 6 heteroatoms. The summed E-state index contributed by atoms with van der Waals surface area (Å²) in [6, 6.07) is 8.91. The number of benzene rings is 1. The van der Waals surface area contributed by atoms with E-state index in [0.29, 0.717) is 17.6 Å². The molecule has 0 bridgehead atoms. The Bertz CT molecular complexity index is 598. The fraction of sp³-hybridized carbons (Fsp3) is 0.357. The van der Waals surface area contributed by atoms with Crippen LogP contribution in [0.25, 0.3) is 10.8 Å². The van der Waals surface area contributed by atoms with Crippen molar-refractivity contribution in [1.82, 2.24) is 10.3 Å². The molecule has 20 heavy (non-hydrogen) atoms. The van der Waals surface area contributed by atoms with Gasteiger partial charge in [-0.25, -0.2) is 4.98 Å². The molecule has 2 rings (SSSR count). The lowest BCUT2D eigenvalue weighted by Crippen LogP contribution is -2.31. The highest BCUT2D eigenvalue weighted by molar-refractivity contribution is 5.87. The summed E-state index contributed by atoms with van der Waals surface area (Å²) in [5.41, 5.74) is 0.635. The van der Waals surface area contributed by atoms with E-state index in [1.165, 1.54) is 0 Å². The van der Waals surface area contributed by atoms with E-state index in [-0.39, 0.29) is 5.88 Å². The molecule has 0 saturated carbocycles. The van der Waals surface area contributed by atoms with Crippen molar-refractivity contribution in [3.63, 3.8) is 0 Å². The minimum absolute atomic E-state index is 0.0122. The van der Waals surface area contributed by atoms with Gasteiger partial charge in [0.1, 0.15) is 0 Å². The molecule has 1 N–H and O–H groups in total. The third kappa shape index (κ3) is 3.19. The minimum atomic E-state index is -4.41. The predicted molar refractivity (Wildman–Crippen MR) is 70.7 cm³/mol. The normalized spacial score (nSPS) is 13.4. The number of nitrogens with zero attached hydrogens (tertiary/aromatic N) is 1. The second-order valence-electron chi connectivity index (χ2n) is 4.47. The van der Waals surface area contributed by atoms with Crippen LogP contribution in [0.15, 0.2) is 30.3 Å². The van der Waals surface area contributed by atoms with Gasteiger partial charge in [-0.05, 0) is 31.5 Å². The smallest absolute Gasteiger partial charge is 0.425 e. The average Bonchev–Trinajstić information content (AvgIpc) is 2.38. The first-order valence-electron chi connectivity index (χ1n) is 6.18. The maximum Gasteiger partial charge on any atom is 0.425 e. The highest BCUT2D eigenvalue weighted by atomic mass is 19.4. The van der Waals surface area contributed by atoms with Crippen molar-refractivity contribution in [2.45, 2.75) is 25.7 Å². The quantitative estimate of drug-likeness (QED) is 0.935. The van der Waals surface area contributed by atoms with E-state index in [2.05, 4.69) is 10.3 Å². The summed E-state index contributed by atoms with van der Waals surface area (Å²) in [7, 11) is 1.75. The molecule has 1 aromatic heterocycles. The lowest BCUT2D eigenvalue weighted by molar-refractivity contribution is -0.189. The fourth-order valence-electron chi connectivity index (χ4n) is 1.82. The third-order valence-corrected chi connectivity index (χ3v) is 2.87. The van der Waals surface area contributed by atoms with Gasteiger partial charge in [-0.15, -0.1) is 0 Å². The maximum atomic E-state index is 12.6. The standard InChI is InChI=1S/C14H15F3N2O/c1-9(14(15,16)17)20-13-12-6-4-3-5-10(12)7-11(19-13)8-18-2/h3-7,9,18H,8H2,1-2H3. The third-order valence-electron chi connectivity index (χ3n) is 2.87. The van der Waals surface area contributed by atoms with Gasteiger partial charge in [0.05, 0.1) is 5.69 Å². The number of nitrogens with one attached hydrogen (secondary N) is 1. The SMILES string of the molecule is CNCc1cc2ccccc2c(OC(C)C(F)(F)F)n1. The van der Waals surface area contributed by atoms with Crippen LogP contribution in [-0.4, -0.2) is 24.3 Å². The monoisotopic (exact) mass is 284 g/mol. The molecule has 3 nitrogen and oxygen atoms in total. The zero-order valence-corrected chi connectivity index (χ0v) is 11.2. The minimum Gasteiger partial charge on any atom is -0.465 e. The number of hydrogen-bond acceptors (Lipinski definition) is 3. The molecule has 0 amide bonds. The number of fused-ring (bicyclic) bond motifs is 1. The molecule has 0 aliphatic rings. The van der Waals surface area contributed by atoms with Crippen LogP contribution in [0.3, 0.4) is 0 Å². The van der Waals surface area contributed by atoms with E-state index in [9.17, 15) is 13.2 Å². The lowest BCUT2D eigenvalue weighted by Gasteiger charge is -2.18. The summed E-state index contributed by atoms with van der Waals surface area (Å²) in [6.45, 7) is 1.43. The van der Waals surface area contributed by atoms with Gasteiger partial charge in [0.25, 0.3) is 0 Å². The van der Waals surface area contributed by atoms with Crippen LogP contribution in [0.5, 0.6) is 5.88 Å². The largest absolute Gasteiger partial charge is 0.465 e. The Balaban J connectivity index is 2.44. The molecule has 1 unspecified atom stereocenters. The van der Waals surface area contributed by atoms with Crippen LogP contribution in [0.4, 0.5) is 13.2 Å². The molecule has 0 aliphatic heterocycles. The van der Waals surface area contributed by atoms with Crippen LogP contribution in [-0.2, 0) is 6.54 Å². The van der Waals surface area contributed by atoms with E-state index >= 15 is 0 Å². The van der Waals surface area contributed by atoms with Crippen molar-refractivity contribution >= 4 is 10.8 Å². The molecule has 1 heterocycles. The summed E-state index contributed by atoms with van der Waals surface area (Å²) in [6.07, 6.45) is -6.31. The fourth-order valence-corrected chi connectivity index (χ4v) is 1.82. The van der Waals surface area contributed by atoms with Gasteiger partial charge in [-0.3, -0.25) is 0 Å². The van der Waals surface area contributed by atoms with Crippen molar-refractivity contribution in [1.29, 1.82) is 0 Å². The number of aromatic nitrogens is 1. The summed E-state index contributed by atoms with van der Waals surface area (Å²) in [4.78, 5) is 4.16. The van der Waals surface area contributed by atoms with Gasteiger partial charge < -0.3 is 10.1 Å². The van der Waals surface area contributed by atoms with Crippen LogP contribution in [0.2, 0.25) is 0 Å². The van der Waals surface area contributed by atoms with E-state index < -0.39 is 12.3 Å². The first-order valence-corrected chi connectivity index (χ1v) is 6.18. The number of ether oxygens (including phenoxy) is 1. The number of pyridine rings is 1. The van der Waals surface area contributed by atoms with Gasteiger partial charge in [0, 0.05) is 11.9 Å². The van der Waals surface area contributed by atoms with Gasteiger partial charge in [0.2, 0.25) is 5.88 Å². The zero-order chi connectivity index (χ0) is 14.8. The van der Waals surface area contributed by atoms with Crippen LogP contribution < -0.4 is 10.1 Å². The van der Waals surface area contributed by atoms with Gasteiger partial charge in [0.15, 0.2) is 6.10 Å². The second kappa shape index (κ2) is 5.66. The van der Waals surface area contributed by atoms with Crippen LogP contribution in [0, 0.1) is 0 Å². The molecule has 0 spiro atoms. The molecular formula is C14H15F3N2O. The number of rotatable bonds is 4. The van der Waals surface area contributed by atoms with Crippen LogP contribution >= 0.6 is 0 Å². The second-order valence-corrected chi connectivity index (χ2v) is 4.47. The van der Waals surface area contributed by atoms with E-state index in [0.717, 1.165) is 12.3 Å². The highest BCUT2D eigenvalue weighted by Crippen LogP contribution is 2.29. The summed E-state index contributed by atoms with van der Waals surface area (Å²) in [5.74, 6) is 0.0122. The lowest BCUT2D eigenvalue weighted by atomic mass is 10.1. The van der Waals surface area contributed by atoms with E-state index in [1.807, 2.05) is 18.2 Å². The van der Waals surface area contributed by atoms with Crippen molar-refractivity contribution in [2.75, 3.05) is 7.05 Å². The molecular weight excluding hydrogens is 269 g/mol. The Morgan fingerprint density at radius 2 is 2.00 bits per heavy atom. The summed E-state index contributed by atoms with van der Waals surface area (Å²) < 4.78 is 42.9. The summed E-state index contributed by atoms with van der Waals surface area (Å²) >= 11 is 0. The van der Waals surface area contributed by atoms with Crippen molar-refractivity contribution in [3.8, 4) is 5.88 Å². The van der Waals surface area contributed by atoms with Crippen LogP contribution in [0.1, 0.15) is 12.6 Å². The Kier molecular flexibility index (Phi) is 4.13. The van der Waals surface area contributed by atoms with Gasteiger partial charge >= 0.3 is 6.18 Å². The van der Waals surface area contributed by atoms with Gasteiger partial charge in [-0.1, -0.05) is 18.2 Å². The number of halogens is 3. The summed E-state index contributed by atoms with van der Waals surface area (Å²) in [5, 5.41) is 4.29. The van der Waals surface area contributed by atoms with E-state index in [1.54, 1.807) is 19.2 Å². The Morgan fingerprint density at radius 1 is 1.30 bits per heavy atom. The zero-order valence-electron chi connectivity index (χ0n) is 11.2. The molecule has 1 atom stereocenters. The Labute approximate surface area is 114 Å². The first-order chi connectivity index (χ1) is 9.41. The molecule has 0 saturated heterocycles.